The monoisotopic (exact) mass is 705 g/mol. The van der Waals surface area contributed by atoms with E-state index in [2.05, 4.69) is 11.9 Å². The number of carbonyl (C=O) groups is 2. The summed E-state index contributed by atoms with van der Waals surface area (Å²) < 4.78 is 64.4. The number of esters is 1. The van der Waals surface area contributed by atoms with E-state index in [1.165, 1.54) is 24.3 Å². The maximum Gasteiger partial charge on any atom is 0.330 e. The fourth-order valence-electron chi connectivity index (χ4n) is 5.42. The Morgan fingerprint density at radius 2 is 1.34 bits per heavy atom. The number of nitrogens with zero attached hydrogens (tertiary/aromatic N) is 2. The van der Waals surface area contributed by atoms with E-state index in [9.17, 15) is 26.4 Å². The van der Waals surface area contributed by atoms with Crippen molar-refractivity contribution in [3.8, 4) is 0 Å². The van der Waals surface area contributed by atoms with Gasteiger partial charge in [0.15, 0.2) is 0 Å². The first-order valence-corrected chi connectivity index (χ1v) is 18.5. The van der Waals surface area contributed by atoms with Gasteiger partial charge in [0.05, 0.1) is 14.5 Å². The van der Waals surface area contributed by atoms with Gasteiger partial charge in [0.25, 0.3) is 20.2 Å². The SMILES string of the molecule is CN1CCC2(CC1)S[C@@H]1C(N)C(=O)N1C2C(=O)OCc1ccccc1.Cc1ccc(S(=O)(=O)O)cc1.Cc1ccc(S(=O)(=O)O)cc1. The zero-order valence-corrected chi connectivity index (χ0v) is 28.7. The number of hydrogen-bond donors (Lipinski definition) is 3. The van der Waals surface area contributed by atoms with E-state index in [0.717, 1.165) is 42.6 Å². The number of benzene rings is 3. The lowest BCUT2D eigenvalue weighted by atomic mass is 9.85. The summed E-state index contributed by atoms with van der Waals surface area (Å²) in [4.78, 5) is 29.0. The number of fused-ring (bicyclic) bond motifs is 1. The van der Waals surface area contributed by atoms with Crippen LogP contribution in [0.25, 0.3) is 0 Å². The minimum atomic E-state index is -4.02. The van der Waals surface area contributed by atoms with Gasteiger partial charge in [-0.15, -0.1) is 11.8 Å². The average molecular weight is 706 g/mol. The van der Waals surface area contributed by atoms with Crippen molar-refractivity contribution in [1.82, 2.24) is 9.80 Å². The molecule has 0 bridgehead atoms. The minimum Gasteiger partial charge on any atom is -0.459 e. The topological polar surface area (TPSA) is 185 Å². The van der Waals surface area contributed by atoms with Gasteiger partial charge in [-0.05, 0) is 76.7 Å². The molecule has 3 aromatic rings. The molecule has 1 amide bonds. The summed E-state index contributed by atoms with van der Waals surface area (Å²) in [7, 11) is -5.95. The number of ether oxygens (including phenoxy) is 1. The number of carbonyl (C=O) groups excluding carboxylic acids is 2. The molecule has 3 aliphatic heterocycles. The fourth-order valence-corrected chi connectivity index (χ4v) is 8.22. The average Bonchev–Trinajstić information content (AvgIpc) is 3.33. The Morgan fingerprint density at radius 3 is 1.79 bits per heavy atom. The van der Waals surface area contributed by atoms with Gasteiger partial charge in [-0.1, -0.05) is 65.7 Å². The van der Waals surface area contributed by atoms with Gasteiger partial charge < -0.3 is 20.3 Å². The lowest BCUT2D eigenvalue weighted by Crippen LogP contribution is -2.69. The van der Waals surface area contributed by atoms with Gasteiger partial charge in [0.2, 0.25) is 5.91 Å². The molecule has 0 radical (unpaired) electrons. The van der Waals surface area contributed by atoms with Crippen LogP contribution in [0.4, 0.5) is 0 Å². The zero-order valence-electron chi connectivity index (χ0n) is 26.2. The first-order valence-electron chi connectivity index (χ1n) is 14.7. The number of nitrogens with two attached hydrogens (primary N) is 1. The molecule has 3 fully saturated rings. The molecule has 0 saturated carbocycles. The van der Waals surface area contributed by atoms with Crippen molar-refractivity contribution >= 4 is 43.9 Å². The Hall–Kier alpha value is -3.31. The molecule has 1 spiro atoms. The van der Waals surface area contributed by atoms with Crippen LogP contribution in [0.5, 0.6) is 0 Å². The quantitative estimate of drug-likeness (QED) is 0.200. The van der Waals surface area contributed by atoms with Crippen molar-refractivity contribution in [2.24, 2.45) is 5.73 Å². The summed E-state index contributed by atoms with van der Waals surface area (Å²) in [6.45, 7) is 5.75. The van der Waals surface area contributed by atoms with Crippen molar-refractivity contribution in [2.45, 2.75) is 65.3 Å². The number of piperidine rings is 1. The second kappa shape index (κ2) is 14.8. The molecule has 4 N–H and O–H groups in total. The van der Waals surface area contributed by atoms with E-state index in [-0.39, 0.29) is 38.4 Å². The maximum absolute atomic E-state index is 12.9. The molecule has 2 unspecified atom stereocenters. The Balaban J connectivity index is 0.000000188. The summed E-state index contributed by atoms with van der Waals surface area (Å²) >= 11 is 1.71. The predicted molar refractivity (Wildman–Crippen MR) is 178 cm³/mol. The van der Waals surface area contributed by atoms with E-state index in [0.29, 0.717) is 0 Å². The number of thioether (sulfide) groups is 1. The number of likely N-dealkylation sites (tertiary alicyclic amines) is 1. The summed E-state index contributed by atoms with van der Waals surface area (Å²) in [5, 5.41) is -0.0924. The molecular weight excluding hydrogens is 667 g/mol. The molecule has 3 aliphatic rings. The van der Waals surface area contributed by atoms with Crippen molar-refractivity contribution in [3.63, 3.8) is 0 Å². The Bertz CT molecular complexity index is 1690. The Labute approximate surface area is 279 Å². The highest BCUT2D eigenvalue weighted by atomic mass is 32.2. The summed E-state index contributed by atoms with van der Waals surface area (Å²) in [5.74, 6) is -0.432. The Kier molecular flexibility index (Phi) is 11.5. The van der Waals surface area contributed by atoms with E-state index in [1.807, 2.05) is 44.2 Å². The van der Waals surface area contributed by atoms with Gasteiger partial charge in [0.1, 0.15) is 24.1 Å². The third kappa shape index (κ3) is 8.99. The molecule has 6 rings (SSSR count). The van der Waals surface area contributed by atoms with Crippen LogP contribution in [0.3, 0.4) is 0 Å². The van der Waals surface area contributed by atoms with E-state index < -0.39 is 32.3 Å². The second-order valence-corrected chi connectivity index (χ2v) is 16.1. The van der Waals surface area contributed by atoms with Crippen LogP contribution in [0.15, 0.2) is 88.7 Å². The van der Waals surface area contributed by atoms with Gasteiger partial charge in [-0.2, -0.15) is 16.8 Å². The van der Waals surface area contributed by atoms with Crippen molar-refractivity contribution in [1.29, 1.82) is 0 Å². The van der Waals surface area contributed by atoms with E-state index >= 15 is 0 Å². The molecule has 3 heterocycles. The summed E-state index contributed by atoms with van der Waals surface area (Å²) in [5.41, 5.74) is 8.84. The third-order valence-corrected chi connectivity index (χ3v) is 11.8. The van der Waals surface area contributed by atoms with Crippen molar-refractivity contribution < 1.29 is 40.3 Å². The highest BCUT2D eigenvalue weighted by Crippen LogP contribution is 2.55. The van der Waals surface area contributed by atoms with Gasteiger partial charge in [-0.25, -0.2) is 4.79 Å². The number of rotatable bonds is 5. The lowest BCUT2D eigenvalue weighted by Gasteiger charge is -2.43. The smallest absolute Gasteiger partial charge is 0.330 e. The molecular formula is C32H39N3O9S3. The lowest BCUT2D eigenvalue weighted by molar-refractivity contribution is -0.164. The number of amides is 1. The molecule has 47 heavy (non-hydrogen) atoms. The standard InChI is InChI=1S/C18H23N3O3S.2C7H8O3S/c1-20-9-7-18(8-10-20)14(21-15(22)13(19)16(21)25-18)17(23)24-11-12-5-3-2-4-6-12;2*1-6-2-4-7(5-3-6)11(8,9)10/h2-6,13-14,16H,7-11,19H2,1H3;2*2-5H,1H3,(H,8,9,10)/t13?,14?,16-;;/m1../s1. The van der Waals surface area contributed by atoms with Crippen LogP contribution in [-0.4, -0.2) is 90.0 Å². The second-order valence-electron chi connectivity index (χ2n) is 11.7. The molecule has 12 nitrogen and oxygen atoms in total. The van der Waals surface area contributed by atoms with Crippen molar-refractivity contribution in [3.05, 3.63) is 95.6 Å². The molecule has 254 valence electrons. The molecule has 3 saturated heterocycles. The minimum absolute atomic E-state index is 0.0666. The largest absolute Gasteiger partial charge is 0.459 e. The van der Waals surface area contributed by atoms with E-state index in [1.54, 1.807) is 40.9 Å². The van der Waals surface area contributed by atoms with Crippen LogP contribution < -0.4 is 5.73 Å². The first-order chi connectivity index (χ1) is 22.0. The zero-order chi connectivity index (χ0) is 34.6. The molecule has 3 atom stereocenters. The number of aryl methyl sites for hydroxylation is 2. The summed E-state index contributed by atoms with van der Waals surface area (Å²) in [6.07, 6.45) is 1.73. The molecule has 15 heteroatoms. The third-order valence-electron chi connectivity index (χ3n) is 8.17. The molecule has 0 aliphatic carbocycles. The Morgan fingerprint density at radius 1 is 0.872 bits per heavy atom. The van der Waals surface area contributed by atoms with E-state index in [4.69, 9.17) is 19.6 Å². The first kappa shape index (κ1) is 36.5. The van der Waals surface area contributed by atoms with Gasteiger partial charge >= 0.3 is 5.97 Å². The fraction of sp³-hybridized carbons (Fsp3) is 0.375. The highest BCUT2D eigenvalue weighted by Gasteiger charge is 2.66. The van der Waals surface area contributed by atoms with Gasteiger partial charge in [0, 0.05) is 0 Å². The normalized spacial score (nSPS) is 21.8. The van der Waals surface area contributed by atoms with Crippen LogP contribution in [-0.2, 0) is 41.2 Å². The number of β-lactam (4-membered cyclic amide) rings is 1. The highest BCUT2D eigenvalue weighted by molar-refractivity contribution is 8.01. The number of hydrogen-bond acceptors (Lipinski definition) is 10. The molecule has 0 aromatic heterocycles. The van der Waals surface area contributed by atoms with Crippen LogP contribution in [0, 0.1) is 13.8 Å². The van der Waals surface area contributed by atoms with Crippen molar-refractivity contribution in [2.75, 3.05) is 20.1 Å². The summed E-state index contributed by atoms with van der Waals surface area (Å²) in [6, 6.07) is 20.6. The predicted octanol–water partition coefficient (Wildman–Crippen LogP) is 3.29. The van der Waals surface area contributed by atoms with Gasteiger partial charge in [-0.3, -0.25) is 13.9 Å². The maximum atomic E-state index is 12.9. The van der Waals surface area contributed by atoms with Crippen LogP contribution in [0.1, 0.15) is 29.5 Å². The molecule has 3 aromatic carbocycles. The van der Waals surface area contributed by atoms with Crippen LogP contribution in [0.2, 0.25) is 0 Å². The van der Waals surface area contributed by atoms with Crippen LogP contribution >= 0.6 is 11.8 Å².